The van der Waals surface area contributed by atoms with Crippen LogP contribution >= 0.6 is 0 Å². The number of benzene rings is 1. The molecular formula is C29H38N2O13. The largest absolute Gasteiger partial charge is 0.456 e. The maximum Gasteiger partial charge on any atom is 0.338 e. The van der Waals surface area contributed by atoms with Gasteiger partial charge in [0, 0.05) is 31.5 Å². The Morgan fingerprint density at radius 1 is 0.977 bits per heavy atom. The van der Waals surface area contributed by atoms with Gasteiger partial charge >= 0.3 is 5.97 Å². The van der Waals surface area contributed by atoms with Gasteiger partial charge in [0.2, 0.25) is 11.8 Å². The number of hydrogen-bond donors (Lipinski definition) is 7. The van der Waals surface area contributed by atoms with Crippen molar-refractivity contribution in [2.45, 2.75) is 61.9 Å². The average molecular weight is 623 g/mol. The highest BCUT2D eigenvalue weighted by Gasteiger charge is 2.44. The van der Waals surface area contributed by atoms with Gasteiger partial charge in [-0.2, -0.15) is 0 Å². The number of aliphatic hydroxyl groups excluding tert-OH is 5. The topological polar surface area (TPSA) is 223 Å². The van der Waals surface area contributed by atoms with Gasteiger partial charge in [-0.05, 0) is 23.8 Å². The Morgan fingerprint density at radius 2 is 1.75 bits per heavy atom. The maximum atomic E-state index is 13.0. The van der Waals surface area contributed by atoms with Crippen molar-refractivity contribution < 1.29 is 63.6 Å². The summed E-state index contributed by atoms with van der Waals surface area (Å²) in [5.74, 6) is -1.34. The number of fused-ring (bicyclic) bond motifs is 1. The zero-order valence-electron chi connectivity index (χ0n) is 23.8. The van der Waals surface area contributed by atoms with E-state index < -0.39 is 67.5 Å². The molecule has 4 rings (SSSR count). The number of ether oxygens (including phenoxy) is 5. The van der Waals surface area contributed by atoms with Gasteiger partial charge in [0.1, 0.15) is 49.5 Å². The lowest BCUT2D eigenvalue weighted by Gasteiger charge is -2.39. The standard InChI is InChI=1S/C29H38N2O13/c32-10-9-30-22(34)7-8-31-27(38)18-12-19-26(42-15-41-19)20(13-18)43-28(39)17-5-3-16(4-6-17)2-1-11-40-29-25(37)24(36)23(35)21(14-33)44-29/h1-6,12,19-21,23-26,29,32-33,35-37H,7-11,13-15H2,(H,30,34)(H,31,38)/t19-,20-,21-,23+,24+,25-,26-,29+/m1/s1. The van der Waals surface area contributed by atoms with Crippen LogP contribution in [-0.2, 0) is 33.3 Å². The van der Waals surface area contributed by atoms with Gasteiger partial charge in [-0.25, -0.2) is 4.79 Å². The molecule has 1 aliphatic carbocycles. The Labute approximate surface area is 253 Å². The lowest BCUT2D eigenvalue weighted by Crippen LogP contribution is -2.59. The Balaban J connectivity index is 1.27. The first-order chi connectivity index (χ1) is 21.2. The van der Waals surface area contributed by atoms with E-state index in [0.717, 1.165) is 5.56 Å². The highest BCUT2D eigenvalue weighted by molar-refractivity contribution is 5.94. The number of nitrogens with one attached hydrogen (secondary N) is 2. The summed E-state index contributed by atoms with van der Waals surface area (Å²) < 4.78 is 27.6. The lowest BCUT2D eigenvalue weighted by molar-refractivity contribution is -0.298. The molecule has 15 heteroatoms. The van der Waals surface area contributed by atoms with Gasteiger partial charge < -0.3 is 59.9 Å². The van der Waals surface area contributed by atoms with Crippen LogP contribution in [0.15, 0.2) is 42.0 Å². The number of hydrogen-bond acceptors (Lipinski definition) is 13. The molecule has 7 N–H and O–H groups in total. The maximum absolute atomic E-state index is 13.0. The first-order valence-electron chi connectivity index (χ1n) is 14.2. The molecule has 2 saturated heterocycles. The summed E-state index contributed by atoms with van der Waals surface area (Å²) in [4.78, 5) is 37.4. The second kappa shape index (κ2) is 16.2. The van der Waals surface area contributed by atoms with Crippen molar-refractivity contribution in [3.05, 3.63) is 53.1 Å². The third-order valence-electron chi connectivity index (χ3n) is 7.28. The number of amides is 2. The lowest BCUT2D eigenvalue weighted by atomic mass is 9.91. The molecule has 1 aromatic carbocycles. The molecule has 8 atom stereocenters. The summed E-state index contributed by atoms with van der Waals surface area (Å²) in [5, 5.41) is 52.9. The highest BCUT2D eigenvalue weighted by Crippen LogP contribution is 2.31. The van der Waals surface area contributed by atoms with Crippen LogP contribution < -0.4 is 10.6 Å². The average Bonchev–Trinajstić information content (AvgIpc) is 3.51. The molecule has 2 heterocycles. The molecule has 3 aliphatic rings. The van der Waals surface area contributed by atoms with Gasteiger partial charge in [-0.15, -0.1) is 0 Å². The molecule has 2 aliphatic heterocycles. The van der Waals surface area contributed by atoms with E-state index in [-0.39, 0.29) is 57.4 Å². The molecule has 44 heavy (non-hydrogen) atoms. The number of carbonyl (C=O) groups is 3. The van der Waals surface area contributed by atoms with Gasteiger partial charge in [0.15, 0.2) is 6.29 Å². The first-order valence-corrected chi connectivity index (χ1v) is 14.2. The van der Waals surface area contributed by atoms with E-state index in [9.17, 15) is 34.8 Å². The molecule has 0 radical (unpaired) electrons. The van der Waals surface area contributed by atoms with Gasteiger partial charge in [0.05, 0.1) is 25.4 Å². The second-order valence-corrected chi connectivity index (χ2v) is 10.4. The second-order valence-electron chi connectivity index (χ2n) is 10.4. The minimum Gasteiger partial charge on any atom is -0.456 e. The quantitative estimate of drug-likeness (QED) is 0.115. The molecule has 242 valence electrons. The van der Waals surface area contributed by atoms with E-state index in [2.05, 4.69) is 10.6 Å². The summed E-state index contributed by atoms with van der Waals surface area (Å²) in [6, 6.07) is 6.49. The molecule has 0 unspecified atom stereocenters. The van der Waals surface area contributed by atoms with Crippen LogP contribution in [0.3, 0.4) is 0 Å². The van der Waals surface area contributed by atoms with E-state index in [1.807, 2.05) is 0 Å². The summed E-state index contributed by atoms with van der Waals surface area (Å²) in [6.45, 7) is -0.540. The summed E-state index contributed by atoms with van der Waals surface area (Å²) >= 11 is 0. The van der Waals surface area contributed by atoms with Crippen LogP contribution in [0.5, 0.6) is 0 Å². The van der Waals surface area contributed by atoms with Gasteiger partial charge in [0.25, 0.3) is 0 Å². The number of aliphatic hydroxyl groups is 5. The van der Waals surface area contributed by atoms with Crippen molar-refractivity contribution in [2.75, 3.05) is 39.7 Å². The van der Waals surface area contributed by atoms with E-state index in [0.29, 0.717) is 5.57 Å². The van der Waals surface area contributed by atoms with E-state index in [1.54, 1.807) is 42.5 Å². The van der Waals surface area contributed by atoms with E-state index in [4.69, 9.17) is 28.8 Å². The van der Waals surface area contributed by atoms with Crippen LogP contribution in [0.2, 0.25) is 0 Å². The molecule has 0 bridgehead atoms. The Morgan fingerprint density at radius 3 is 2.48 bits per heavy atom. The predicted octanol–water partition coefficient (Wildman–Crippen LogP) is -2.27. The zero-order chi connectivity index (χ0) is 31.6. The van der Waals surface area contributed by atoms with Crippen molar-refractivity contribution in [1.29, 1.82) is 0 Å². The molecule has 15 nitrogen and oxygen atoms in total. The minimum absolute atomic E-state index is 0.0130. The molecule has 2 fully saturated rings. The third-order valence-corrected chi connectivity index (χ3v) is 7.28. The summed E-state index contributed by atoms with van der Waals surface area (Å²) in [5.41, 5.74) is 1.33. The molecular weight excluding hydrogens is 584 g/mol. The normalized spacial score (nSPS) is 30.0. The summed E-state index contributed by atoms with van der Waals surface area (Å²) in [7, 11) is 0. The Hall–Kier alpha value is -3.25. The fourth-order valence-electron chi connectivity index (χ4n) is 4.89. The number of esters is 1. The fraction of sp³-hybridized carbons (Fsp3) is 0.552. The Kier molecular flexibility index (Phi) is 12.4. The number of rotatable bonds is 13. The van der Waals surface area contributed by atoms with Gasteiger partial charge in [-0.3, -0.25) is 9.59 Å². The fourth-order valence-corrected chi connectivity index (χ4v) is 4.89. The first kappa shape index (κ1) is 33.6. The predicted molar refractivity (Wildman–Crippen MR) is 149 cm³/mol. The highest BCUT2D eigenvalue weighted by atomic mass is 16.7. The van der Waals surface area contributed by atoms with Gasteiger partial charge in [-0.1, -0.05) is 24.3 Å². The molecule has 0 aromatic heterocycles. The SMILES string of the molecule is O=C(CCNC(=O)C1=C[C@H]2OCO[C@H]2[C@H](OC(=O)c2ccc(C=CCO[C@H]3O[C@H](CO)[C@H](O)[C@H](O)[C@H]3O)cc2)C1)NCCO. The smallest absolute Gasteiger partial charge is 0.338 e. The monoisotopic (exact) mass is 622 g/mol. The van der Waals surface area contributed by atoms with Crippen LogP contribution in [0.4, 0.5) is 0 Å². The van der Waals surface area contributed by atoms with Crippen molar-refractivity contribution in [3.8, 4) is 0 Å². The van der Waals surface area contributed by atoms with Crippen LogP contribution in [0, 0.1) is 0 Å². The van der Waals surface area contributed by atoms with Crippen molar-refractivity contribution in [3.63, 3.8) is 0 Å². The van der Waals surface area contributed by atoms with E-state index in [1.165, 1.54) is 0 Å². The Bertz CT molecular complexity index is 1190. The van der Waals surface area contributed by atoms with Crippen LogP contribution in [-0.4, -0.2) is 132 Å². The van der Waals surface area contributed by atoms with Crippen molar-refractivity contribution >= 4 is 23.9 Å². The van der Waals surface area contributed by atoms with Crippen LogP contribution in [0.25, 0.3) is 6.08 Å². The summed E-state index contributed by atoms with van der Waals surface area (Å²) in [6.07, 6.45) is -3.67. The molecule has 0 spiro atoms. The van der Waals surface area contributed by atoms with Crippen molar-refractivity contribution in [2.24, 2.45) is 0 Å². The zero-order valence-corrected chi connectivity index (χ0v) is 23.8. The molecule has 1 aromatic rings. The van der Waals surface area contributed by atoms with Crippen molar-refractivity contribution in [1.82, 2.24) is 10.6 Å². The minimum atomic E-state index is -1.53. The third kappa shape index (κ3) is 8.68. The van der Waals surface area contributed by atoms with Crippen LogP contribution in [0.1, 0.15) is 28.8 Å². The van der Waals surface area contributed by atoms with E-state index >= 15 is 0 Å². The number of carbonyl (C=O) groups excluding carboxylic acids is 3. The molecule has 2 amide bonds. The molecule has 0 saturated carbocycles.